The molecular weight excluding hydrogens is 328 g/mol. The maximum absolute atomic E-state index is 10.7. The van der Waals surface area contributed by atoms with Gasteiger partial charge in [0.25, 0.3) is 0 Å². The predicted molar refractivity (Wildman–Crippen MR) is 74.1 cm³/mol. The number of aryl methyl sites for hydroxylation is 2. The van der Waals surface area contributed by atoms with Gasteiger partial charge in [-0.05, 0) is 22.9 Å². The van der Waals surface area contributed by atoms with E-state index in [1.807, 2.05) is 14.0 Å². The number of halogens is 1. The standard InChI is InChI=1S/C11H15BrN6O2/c1-6-10(12)9(17(2)15-6)5-18-4-7(14-16-18)3-8(13)11(19)20/h4,8H,3,5,13H2,1-2H3,(H,19,20). The Kier molecular flexibility index (Phi) is 4.19. The Morgan fingerprint density at radius 3 is 2.85 bits per heavy atom. The highest BCUT2D eigenvalue weighted by atomic mass is 79.9. The highest BCUT2D eigenvalue weighted by Crippen LogP contribution is 2.20. The number of nitrogens with two attached hydrogens (primary N) is 1. The van der Waals surface area contributed by atoms with Gasteiger partial charge in [-0.1, -0.05) is 5.21 Å². The maximum Gasteiger partial charge on any atom is 0.320 e. The van der Waals surface area contributed by atoms with Gasteiger partial charge in [0.2, 0.25) is 0 Å². The van der Waals surface area contributed by atoms with Crippen LogP contribution in [0.25, 0.3) is 0 Å². The van der Waals surface area contributed by atoms with E-state index in [0.717, 1.165) is 15.9 Å². The molecule has 2 heterocycles. The average Bonchev–Trinajstić information content (AvgIpc) is 2.90. The monoisotopic (exact) mass is 342 g/mol. The zero-order valence-corrected chi connectivity index (χ0v) is 12.7. The molecule has 2 aromatic rings. The van der Waals surface area contributed by atoms with Gasteiger partial charge in [-0.3, -0.25) is 9.48 Å². The van der Waals surface area contributed by atoms with Crippen molar-refractivity contribution in [2.45, 2.75) is 25.9 Å². The second kappa shape index (κ2) is 5.71. The molecule has 0 amide bonds. The first-order valence-electron chi connectivity index (χ1n) is 5.94. The molecule has 3 N–H and O–H groups in total. The molecule has 108 valence electrons. The molecule has 0 saturated heterocycles. The third-order valence-electron chi connectivity index (χ3n) is 2.91. The fraction of sp³-hybridized carbons (Fsp3) is 0.455. The Labute approximate surface area is 123 Å². The fourth-order valence-corrected chi connectivity index (χ4v) is 2.29. The number of carboxylic acid groups (broad SMARTS) is 1. The molecule has 0 aromatic carbocycles. The number of hydrogen-bond donors (Lipinski definition) is 2. The van der Waals surface area contributed by atoms with Crippen molar-refractivity contribution < 1.29 is 9.90 Å². The van der Waals surface area contributed by atoms with E-state index >= 15 is 0 Å². The summed E-state index contributed by atoms with van der Waals surface area (Å²) in [5.74, 6) is -1.05. The third kappa shape index (κ3) is 3.05. The molecule has 2 aromatic heterocycles. The maximum atomic E-state index is 10.7. The summed E-state index contributed by atoms with van der Waals surface area (Å²) in [6.07, 6.45) is 1.85. The van der Waals surface area contributed by atoms with Gasteiger partial charge < -0.3 is 10.8 Å². The average molecular weight is 343 g/mol. The Morgan fingerprint density at radius 1 is 1.60 bits per heavy atom. The molecule has 0 aliphatic carbocycles. The van der Waals surface area contributed by atoms with Gasteiger partial charge in [-0.2, -0.15) is 5.10 Å². The van der Waals surface area contributed by atoms with Crippen LogP contribution < -0.4 is 5.73 Å². The minimum Gasteiger partial charge on any atom is -0.480 e. The van der Waals surface area contributed by atoms with E-state index in [2.05, 4.69) is 31.3 Å². The van der Waals surface area contributed by atoms with Crippen LogP contribution in [0, 0.1) is 6.92 Å². The second-order valence-corrected chi connectivity index (χ2v) is 5.32. The number of nitrogens with zero attached hydrogens (tertiary/aromatic N) is 5. The molecule has 1 atom stereocenters. The van der Waals surface area contributed by atoms with Crippen molar-refractivity contribution in [2.75, 3.05) is 0 Å². The molecule has 0 radical (unpaired) electrons. The van der Waals surface area contributed by atoms with Crippen LogP contribution in [0.2, 0.25) is 0 Å². The highest BCUT2D eigenvalue weighted by Gasteiger charge is 2.16. The highest BCUT2D eigenvalue weighted by molar-refractivity contribution is 9.10. The Hall–Kier alpha value is -1.74. The summed E-state index contributed by atoms with van der Waals surface area (Å²) in [6.45, 7) is 2.40. The van der Waals surface area contributed by atoms with Gasteiger partial charge in [0.1, 0.15) is 6.04 Å². The first-order chi connectivity index (χ1) is 9.38. The lowest BCUT2D eigenvalue weighted by atomic mass is 10.2. The molecule has 0 fully saturated rings. The van der Waals surface area contributed by atoms with Gasteiger partial charge in [0.15, 0.2) is 0 Å². The number of rotatable bonds is 5. The summed E-state index contributed by atoms with van der Waals surface area (Å²) in [6, 6.07) is -0.967. The molecule has 0 spiro atoms. The molecule has 2 rings (SSSR count). The zero-order chi connectivity index (χ0) is 14.9. The number of carboxylic acids is 1. The van der Waals surface area contributed by atoms with Crippen LogP contribution in [0.4, 0.5) is 0 Å². The Balaban J connectivity index is 2.12. The number of hydrogen-bond acceptors (Lipinski definition) is 5. The van der Waals surface area contributed by atoms with Crippen molar-refractivity contribution in [1.29, 1.82) is 0 Å². The van der Waals surface area contributed by atoms with Gasteiger partial charge in [-0.25, -0.2) is 4.68 Å². The first kappa shape index (κ1) is 14.7. The van der Waals surface area contributed by atoms with Crippen molar-refractivity contribution in [3.05, 3.63) is 27.8 Å². The van der Waals surface area contributed by atoms with Gasteiger partial charge in [-0.15, -0.1) is 5.10 Å². The largest absolute Gasteiger partial charge is 0.480 e. The van der Waals surface area contributed by atoms with Crippen LogP contribution in [0.1, 0.15) is 17.1 Å². The van der Waals surface area contributed by atoms with Gasteiger partial charge >= 0.3 is 5.97 Å². The van der Waals surface area contributed by atoms with Crippen molar-refractivity contribution >= 4 is 21.9 Å². The topological polar surface area (TPSA) is 112 Å². The molecule has 1 unspecified atom stereocenters. The molecule has 20 heavy (non-hydrogen) atoms. The lowest BCUT2D eigenvalue weighted by molar-refractivity contribution is -0.138. The number of carbonyl (C=O) groups is 1. The normalized spacial score (nSPS) is 12.6. The summed E-state index contributed by atoms with van der Waals surface area (Å²) < 4.78 is 4.33. The van der Waals surface area contributed by atoms with E-state index in [-0.39, 0.29) is 6.42 Å². The van der Waals surface area contributed by atoms with E-state index in [9.17, 15) is 4.79 Å². The summed E-state index contributed by atoms with van der Waals surface area (Å²) >= 11 is 3.48. The zero-order valence-electron chi connectivity index (χ0n) is 11.1. The summed E-state index contributed by atoms with van der Waals surface area (Å²) in [5.41, 5.74) is 7.87. The van der Waals surface area contributed by atoms with E-state index in [1.54, 1.807) is 15.6 Å². The van der Waals surface area contributed by atoms with Gasteiger partial charge in [0, 0.05) is 19.7 Å². The van der Waals surface area contributed by atoms with Crippen LogP contribution in [0.15, 0.2) is 10.7 Å². The third-order valence-corrected chi connectivity index (χ3v) is 3.94. The summed E-state index contributed by atoms with van der Waals surface area (Å²) in [5, 5.41) is 21.0. The second-order valence-electron chi connectivity index (χ2n) is 4.53. The summed E-state index contributed by atoms with van der Waals surface area (Å²) in [4.78, 5) is 10.7. The molecule has 0 aliphatic rings. The molecule has 0 aliphatic heterocycles. The lowest BCUT2D eigenvalue weighted by Gasteiger charge is -2.03. The smallest absolute Gasteiger partial charge is 0.320 e. The minimum atomic E-state index is -1.05. The summed E-state index contributed by atoms with van der Waals surface area (Å²) in [7, 11) is 1.85. The van der Waals surface area contributed by atoms with Crippen molar-refractivity contribution in [3.63, 3.8) is 0 Å². The molecule has 9 heteroatoms. The number of aromatic nitrogens is 5. The SMILES string of the molecule is Cc1nn(C)c(Cn2cc(CC(N)C(=O)O)nn2)c1Br. The van der Waals surface area contributed by atoms with Crippen LogP contribution in [-0.4, -0.2) is 41.9 Å². The number of aliphatic carboxylic acids is 1. The Morgan fingerprint density at radius 2 is 2.30 bits per heavy atom. The molecule has 0 saturated carbocycles. The van der Waals surface area contributed by atoms with Crippen LogP contribution in [0.5, 0.6) is 0 Å². The van der Waals surface area contributed by atoms with Crippen LogP contribution in [0.3, 0.4) is 0 Å². The predicted octanol–water partition coefficient (Wildman–Crippen LogP) is 0.0852. The fourth-order valence-electron chi connectivity index (χ4n) is 1.83. The van der Waals surface area contributed by atoms with E-state index in [4.69, 9.17) is 10.8 Å². The van der Waals surface area contributed by atoms with Crippen molar-refractivity contribution in [1.82, 2.24) is 24.8 Å². The quantitative estimate of drug-likeness (QED) is 0.796. The van der Waals surface area contributed by atoms with Crippen molar-refractivity contribution in [2.24, 2.45) is 12.8 Å². The molecule has 8 nitrogen and oxygen atoms in total. The van der Waals surface area contributed by atoms with E-state index < -0.39 is 12.0 Å². The molecular formula is C11H15BrN6O2. The van der Waals surface area contributed by atoms with Crippen LogP contribution in [-0.2, 0) is 24.8 Å². The van der Waals surface area contributed by atoms with Crippen molar-refractivity contribution in [3.8, 4) is 0 Å². The molecule has 0 bridgehead atoms. The first-order valence-corrected chi connectivity index (χ1v) is 6.73. The Bertz CT molecular complexity index is 635. The van der Waals surface area contributed by atoms with Gasteiger partial charge in [0.05, 0.1) is 28.1 Å². The van der Waals surface area contributed by atoms with Crippen LogP contribution >= 0.6 is 15.9 Å². The minimum absolute atomic E-state index is 0.154. The van der Waals surface area contributed by atoms with E-state index in [1.165, 1.54) is 0 Å². The lowest BCUT2D eigenvalue weighted by Crippen LogP contribution is -2.32. The van der Waals surface area contributed by atoms with E-state index in [0.29, 0.717) is 12.2 Å².